The van der Waals surface area contributed by atoms with Gasteiger partial charge in [-0.1, -0.05) is 0 Å². The highest BCUT2D eigenvalue weighted by Crippen LogP contribution is 2.10. The van der Waals surface area contributed by atoms with E-state index in [9.17, 15) is 4.79 Å². The number of rotatable bonds is 4. The molecule has 0 aliphatic rings. The molecule has 0 bridgehead atoms. The average Bonchev–Trinajstić information content (AvgIpc) is 2.14. The Hall–Kier alpha value is -1.20. The molecule has 0 saturated heterocycles. The Kier molecular flexibility index (Phi) is 4.20. The Balaban J connectivity index is 2.46. The summed E-state index contributed by atoms with van der Waals surface area (Å²) in [5.41, 5.74) is 5.43. The number of aromatic nitrogens is 2. The molecule has 0 saturated carbocycles. The van der Waals surface area contributed by atoms with Crippen LogP contribution in [-0.4, -0.2) is 21.4 Å². The van der Waals surface area contributed by atoms with Crippen molar-refractivity contribution >= 4 is 23.3 Å². The molecule has 1 rings (SSSR count). The standard InChI is InChI=1S/C10H15ClN4O/c1-10(2,12)5-3-8(16)14-7-4-6-13-9(11)15-7/h4,6H,3,5,12H2,1-2H3,(H,13,14,15,16). The number of nitrogens with two attached hydrogens (primary N) is 1. The van der Waals surface area contributed by atoms with Gasteiger partial charge in [0.25, 0.3) is 0 Å². The largest absolute Gasteiger partial charge is 0.326 e. The quantitative estimate of drug-likeness (QED) is 0.786. The van der Waals surface area contributed by atoms with Crippen molar-refractivity contribution in [2.75, 3.05) is 5.32 Å². The van der Waals surface area contributed by atoms with E-state index in [1.54, 1.807) is 6.07 Å². The Morgan fingerprint density at radius 2 is 2.31 bits per heavy atom. The monoisotopic (exact) mass is 242 g/mol. The first-order chi connectivity index (χ1) is 7.37. The van der Waals surface area contributed by atoms with Gasteiger partial charge in [-0.3, -0.25) is 4.79 Å². The molecule has 0 aromatic carbocycles. The average molecular weight is 243 g/mol. The fourth-order valence-electron chi connectivity index (χ4n) is 1.05. The first kappa shape index (κ1) is 12.9. The molecule has 5 nitrogen and oxygen atoms in total. The third-order valence-corrected chi connectivity index (χ3v) is 2.07. The van der Waals surface area contributed by atoms with Gasteiger partial charge in [0.2, 0.25) is 11.2 Å². The molecule has 16 heavy (non-hydrogen) atoms. The second kappa shape index (κ2) is 5.23. The van der Waals surface area contributed by atoms with Crippen LogP contribution in [0, 0.1) is 0 Å². The molecule has 0 fully saturated rings. The minimum absolute atomic E-state index is 0.108. The molecule has 0 aliphatic heterocycles. The Bertz CT molecular complexity index is 375. The van der Waals surface area contributed by atoms with Crippen LogP contribution in [0.5, 0.6) is 0 Å². The molecule has 1 aromatic heterocycles. The fourth-order valence-corrected chi connectivity index (χ4v) is 1.19. The zero-order chi connectivity index (χ0) is 12.2. The van der Waals surface area contributed by atoms with Gasteiger partial charge in [0, 0.05) is 18.2 Å². The molecular formula is C10H15ClN4O. The molecule has 0 unspecified atom stereocenters. The molecule has 1 aromatic rings. The van der Waals surface area contributed by atoms with E-state index in [0.29, 0.717) is 18.7 Å². The summed E-state index contributed by atoms with van der Waals surface area (Å²) in [6.45, 7) is 3.75. The summed E-state index contributed by atoms with van der Waals surface area (Å²) in [4.78, 5) is 19.1. The van der Waals surface area contributed by atoms with Crippen LogP contribution in [0.1, 0.15) is 26.7 Å². The van der Waals surface area contributed by atoms with Crippen LogP contribution in [0.3, 0.4) is 0 Å². The highest BCUT2D eigenvalue weighted by molar-refractivity contribution is 6.28. The number of carbonyl (C=O) groups is 1. The van der Waals surface area contributed by atoms with E-state index in [-0.39, 0.29) is 16.7 Å². The van der Waals surface area contributed by atoms with Crippen LogP contribution in [0.15, 0.2) is 12.3 Å². The van der Waals surface area contributed by atoms with Gasteiger partial charge in [0.15, 0.2) is 0 Å². The van der Waals surface area contributed by atoms with Crippen molar-refractivity contribution in [2.24, 2.45) is 5.73 Å². The summed E-state index contributed by atoms with van der Waals surface area (Å²) in [5.74, 6) is 0.271. The van der Waals surface area contributed by atoms with E-state index < -0.39 is 0 Å². The zero-order valence-electron chi connectivity index (χ0n) is 9.33. The van der Waals surface area contributed by atoms with Crippen molar-refractivity contribution in [1.29, 1.82) is 0 Å². The van der Waals surface area contributed by atoms with Crippen LogP contribution >= 0.6 is 11.6 Å². The van der Waals surface area contributed by atoms with E-state index >= 15 is 0 Å². The lowest BCUT2D eigenvalue weighted by Gasteiger charge is -2.17. The molecule has 0 spiro atoms. The maximum absolute atomic E-state index is 11.5. The number of carbonyl (C=O) groups excluding carboxylic acids is 1. The molecule has 3 N–H and O–H groups in total. The number of halogens is 1. The second-order valence-electron chi connectivity index (χ2n) is 4.25. The van der Waals surface area contributed by atoms with Crippen LogP contribution in [0.25, 0.3) is 0 Å². The first-order valence-corrected chi connectivity index (χ1v) is 5.32. The number of hydrogen-bond donors (Lipinski definition) is 2. The minimum Gasteiger partial charge on any atom is -0.326 e. The van der Waals surface area contributed by atoms with Crippen molar-refractivity contribution in [3.05, 3.63) is 17.5 Å². The maximum atomic E-state index is 11.5. The number of hydrogen-bond acceptors (Lipinski definition) is 4. The van der Waals surface area contributed by atoms with E-state index in [1.165, 1.54) is 6.20 Å². The van der Waals surface area contributed by atoms with Gasteiger partial charge < -0.3 is 11.1 Å². The summed E-state index contributed by atoms with van der Waals surface area (Å²) < 4.78 is 0. The van der Waals surface area contributed by atoms with Crippen LogP contribution < -0.4 is 11.1 Å². The normalized spacial score (nSPS) is 11.2. The summed E-state index contributed by atoms with van der Waals surface area (Å²) in [6.07, 6.45) is 2.45. The third kappa shape index (κ3) is 5.04. The van der Waals surface area contributed by atoms with Gasteiger partial charge >= 0.3 is 0 Å². The third-order valence-electron chi connectivity index (χ3n) is 1.89. The van der Waals surface area contributed by atoms with Gasteiger partial charge in [0.05, 0.1) is 0 Å². The van der Waals surface area contributed by atoms with Crippen molar-refractivity contribution in [2.45, 2.75) is 32.2 Å². The highest BCUT2D eigenvalue weighted by atomic mass is 35.5. The van der Waals surface area contributed by atoms with Crippen LogP contribution in [-0.2, 0) is 4.79 Å². The van der Waals surface area contributed by atoms with E-state index in [0.717, 1.165) is 0 Å². The van der Waals surface area contributed by atoms with Gasteiger partial charge in [-0.2, -0.15) is 0 Å². The van der Waals surface area contributed by atoms with Gasteiger partial charge in [-0.05, 0) is 37.9 Å². The van der Waals surface area contributed by atoms with E-state index in [1.807, 2.05) is 13.8 Å². The summed E-state index contributed by atoms with van der Waals surface area (Å²) in [5, 5.41) is 2.73. The SMILES string of the molecule is CC(C)(N)CCC(=O)Nc1ccnc(Cl)n1. The predicted octanol–water partition coefficient (Wildman–Crippen LogP) is 1.59. The lowest BCUT2D eigenvalue weighted by molar-refractivity contribution is -0.116. The van der Waals surface area contributed by atoms with Gasteiger partial charge in [0.1, 0.15) is 5.82 Å². The van der Waals surface area contributed by atoms with Gasteiger partial charge in [-0.15, -0.1) is 0 Å². The number of amides is 1. The minimum atomic E-state index is -0.347. The summed E-state index contributed by atoms with van der Waals surface area (Å²) in [6, 6.07) is 1.58. The topological polar surface area (TPSA) is 80.9 Å². The number of nitrogens with one attached hydrogen (secondary N) is 1. The highest BCUT2D eigenvalue weighted by Gasteiger charge is 2.13. The lowest BCUT2D eigenvalue weighted by atomic mass is 10.00. The first-order valence-electron chi connectivity index (χ1n) is 4.94. The molecular weight excluding hydrogens is 228 g/mol. The summed E-state index contributed by atoms with van der Waals surface area (Å²) >= 11 is 5.58. The lowest BCUT2D eigenvalue weighted by Crippen LogP contribution is -2.33. The molecule has 1 heterocycles. The fraction of sp³-hybridized carbons (Fsp3) is 0.500. The number of anilines is 1. The molecule has 1 amide bonds. The van der Waals surface area contributed by atoms with Crippen molar-refractivity contribution in [3.63, 3.8) is 0 Å². The van der Waals surface area contributed by atoms with Crippen molar-refractivity contribution in [3.8, 4) is 0 Å². The Morgan fingerprint density at radius 3 is 2.88 bits per heavy atom. The van der Waals surface area contributed by atoms with Gasteiger partial charge in [-0.25, -0.2) is 9.97 Å². The van der Waals surface area contributed by atoms with Crippen LogP contribution in [0.4, 0.5) is 5.82 Å². The van der Waals surface area contributed by atoms with E-state index in [4.69, 9.17) is 17.3 Å². The Labute approximate surface area is 99.4 Å². The predicted molar refractivity (Wildman–Crippen MR) is 63.2 cm³/mol. The Morgan fingerprint density at radius 1 is 1.62 bits per heavy atom. The van der Waals surface area contributed by atoms with Crippen LogP contribution in [0.2, 0.25) is 5.28 Å². The maximum Gasteiger partial charge on any atom is 0.225 e. The molecule has 6 heteroatoms. The smallest absolute Gasteiger partial charge is 0.225 e. The van der Waals surface area contributed by atoms with E-state index in [2.05, 4.69) is 15.3 Å². The molecule has 88 valence electrons. The number of nitrogens with zero attached hydrogens (tertiary/aromatic N) is 2. The van der Waals surface area contributed by atoms with Crippen molar-refractivity contribution in [1.82, 2.24) is 9.97 Å². The molecule has 0 radical (unpaired) electrons. The molecule has 0 atom stereocenters. The zero-order valence-corrected chi connectivity index (χ0v) is 10.1. The molecule has 0 aliphatic carbocycles. The summed E-state index contributed by atoms with van der Waals surface area (Å²) in [7, 11) is 0. The second-order valence-corrected chi connectivity index (χ2v) is 4.59. The van der Waals surface area contributed by atoms with Crippen molar-refractivity contribution < 1.29 is 4.79 Å².